The third kappa shape index (κ3) is 6.10. The summed E-state index contributed by atoms with van der Waals surface area (Å²) in [5.41, 5.74) is -1.05. The molecular formula is C31H40F2N4O6. The van der Waals surface area contributed by atoms with E-state index < -0.39 is 59.5 Å². The van der Waals surface area contributed by atoms with Crippen molar-refractivity contribution in [2.45, 2.75) is 96.4 Å². The fourth-order valence-electron chi connectivity index (χ4n) is 6.15. The van der Waals surface area contributed by atoms with Crippen molar-refractivity contribution in [1.82, 2.24) is 20.2 Å². The van der Waals surface area contributed by atoms with Crippen LogP contribution in [-0.4, -0.2) is 76.8 Å². The van der Waals surface area contributed by atoms with E-state index in [1.807, 2.05) is 20.8 Å². The van der Waals surface area contributed by atoms with Crippen molar-refractivity contribution in [1.29, 1.82) is 0 Å². The smallest absolute Gasteiger partial charge is 0.408 e. The van der Waals surface area contributed by atoms with Crippen molar-refractivity contribution < 1.29 is 37.4 Å². The number of hydrogen-bond acceptors (Lipinski definition) is 8. The van der Waals surface area contributed by atoms with Gasteiger partial charge in [-0.1, -0.05) is 34.1 Å². The van der Waals surface area contributed by atoms with Gasteiger partial charge in [0, 0.05) is 17.9 Å². The number of ether oxygens (including phenoxy) is 3. The van der Waals surface area contributed by atoms with Crippen LogP contribution >= 0.6 is 0 Å². The van der Waals surface area contributed by atoms with E-state index in [0.717, 1.165) is 0 Å². The van der Waals surface area contributed by atoms with Gasteiger partial charge in [0.05, 0.1) is 30.7 Å². The van der Waals surface area contributed by atoms with Gasteiger partial charge in [-0.3, -0.25) is 4.79 Å². The number of nitrogens with one attached hydrogen (secondary N) is 1. The van der Waals surface area contributed by atoms with E-state index in [0.29, 0.717) is 42.3 Å². The molecule has 1 aliphatic carbocycles. The second kappa shape index (κ2) is 11.5. The monoisotopic (exact) mass is 602 g/mol. The molecule has 5 rings (SSSR count). The van der Waals surface area contributed by atoms with E-state index in [1.165, 1.54) is 12.0 Å². The van der Waals surface area contributed by atoms with Gasteiger partial charge in [0.25, 0.3) is 0 Å². The first-order chi connectivity index (χ1) is 20.3. The highest BCUT2D eigenvalue weighted by atomic mass is 19.2. The molecule has 2 amide bonds. The summed E-state index contributed by atoms with van der Waals surface area (Å²) in [6, 6.07) is 2.99. The highest BCUT2D eigenvalue weighted by Gasteiger charge is 2.54. The molecule has 8 atom stereocenters. The second-order valence-corrected chi connectivity index (χ2v) is 13.3. The van der Waals surface area contributed by atoms with Crippen molar-refractivity contribution in [3.05, 3.63) is 23.9 Å². The Bertz CT molecular complexity index is 1400. The number of rotatable bonds is 2. The van der Waals surface area contributed by atoms with E-state index in [9.17, 15) is 14.4 Å². The first-order valence-corrected chi connectivity index (χ1v) is 14.8. The van der Waals surface area contributed by atoms with Crippen LogP contribution in [0.5, 0.6) is 11.6 Å². The fraction of sp³-hybridized carbons (Fsp3) is 0.645. The summed E-state index contributed by atoms with van der Waals surface area (Å²) in [7, 11) is 1.50. The second-order valence-electron chi connectivity index (χ2n) is 13.3. The average molecular weight is 603 g/mol. The van der Waals surface area contributed by atoms with Crippen LogP contribution in [0.3, 0.4) is 0 Å². The largest absolute Gasteiger partial charge is 0.497 e. The number of alkyl halides is 2. The lowest BCUT2D eigenvalue weighted by molar-refractivity contribution is -0.139. The number of methoxy groups -OCH3 is 1. The average Bonchev–Trinajstić information content (AvgIpc) is 3.47. The van der Waals surface area contributed by atoms with Gasteiger partial charge in [0.15, 0.2) is 6.17 Å². The molecule has 3 aliphatic rings. The quantitative estimate of drug-likeness (QED) is 0.483. The molecular weight excluding hydrogens is 562 g/mol. The molecule has 1 saturated carbocycles. The zero-order chi connectivity index (χ0) is 31.3. The van der Waals surface area contributed by atoms with Crippen LogP contribution in [0.4, 0.5) is 13.6 Å². The van der Waals surface area contributed by atoms with Gasteiger partial charge in [-0.2, -0.15) is 0 Å². The predicted molar refractivity (Wildman–Crippen MR) is 153 cm³/mol. The van der Waals surface area contributed by atoms with Crippen LogP contribution in [0.1, 0.15) is 72.2 Å². The van der Waals surface area contributed by atoms with Crippen LogP contribution in [-0.2, 0) is 14.3 Å². The Morgan fingerprint density at radius 1 is 1.16 bits per heavy atom. The molecule has 10 nitrogen and oxygen atoms in total. The number of nitrogens with zero attached hydrogens (tertiary/aromatic N) is 3. The molecule has 2 unspecified atom stereocenters. The maximum atomic E-state index is 15.9. The minimum Gasteiger partial charge on any atom is -0.497 e. The van der Waals surface area contributed by atoms with Gasteiger partial charge in [0.1, 0.15) is 41.6 Å². The Labute approximate surface area is 249 Å². The Hall–Kier alpha value is -3.57. The van der Waals surface area contributed by atoms with Crippen LogP contribution in [0.15, 0.2) is 18.2 Å². The number of aldehydes is 1. The first-order valence-electron chi connectivity index (χ1n) is 14.8. The third-order valence-electron chi connectivity index (χ3n) is 9.08. The molecule has 2 aliphatic heterocycles. The third-order valence-corrected chi connectivity index (χ3v) is 9.08. The maximum absolute atomic E-state index is 15.9. The van der Waals surface area contributed by atoms with E-state index in [1.54, 1.807) is 32.0 Å². The van der Waals surface area contributed by atoms with Crippen molar-refractivity contribution in [2.24, 2.45) is 17.3 Å². The molecule has 1 aromatic heterocycles. The molecule has 1 aromatic carbocycles. The van der Waals surface area contributed by atoms with Crippen LogP contribution in [0, 0.1) is 17.3 Å². The fourth-order valence-corrected chi connectivity index (χ4v) is 6.15. The van der Waals surface area contributed by atoms with Gasteiger partial charge >= 0.3 is 6.09 Å². The summed E-state index contributed by atoms with van der Waals surface area (Å²) in [6.07, 6.45) is -3.44. The van der Waals surface area contributed by atoms with Gasteiger partial charge in [0.2, 0.25) is 11.8 Å². The zero-order valence-electron chi connectivity index (χ0n) is 25.4. The molecule has 2 fully saturated rings. The van der Waals surface area contributed by atoms with Gasteiger partial charge in [-0.05, 0) is 43.7 Å². The number of hydrogen-bond donors (Lipinski definition) is 1. The Balaban J connectivity index is 1.55. The number of carbonyl (C=O) groups is 3. The lowest BCUT2D eigenvalue weighted by Crippen LogP contribution is -2.56. The maximum Gasteiger partial charge on any atom is 0.408 e. The number of carbonyl (C=O) groups excluding carboxylic acids is 3. The van der Waals surface area contributed by atoms with Crippen molar-refractivity contribution in [3.8, 4) is 11.6 Å². The van der Waals surface area contributed by atoms with Crippen LogP contribution in [0.2, 0.25) is 0 Å². The number of halogens is 2. The lowest BCUT2D eigenvalue weighted by atomic mass is 9.85. The summed E-state index contributed by atoms with van der Waals surface area (Å²) in [4.78, 5) is 49.6. The highest BCUT2D eigenvalue weighted by molar-refractivity contribution is 5.89. The van der Waals surface area contributed by atoms with Crippen molar-refractivity contribution >= 4 is 29.3 Å². The van der Waals surface area contributed by atoms with E-state index in [2.05, 4.69) is 15.3 Å². The van der Waals surface area contributed by atoms with E-state index >= 15 is 8.78 Å². The standard InChI is InChI=1S/C31H40F2N4O6/c1-16-22(15-38)37-14-23(16)42-27-25(34-20-11-10-18(41-6)12-21(20)35-27)24(33)19(32)9-7-8-17-13-31(17,5)43-29(40)36-26(28(37)39)30(2,3)4/h10-12,15-17,19,22-24,26H,7-9,13-14H2,1-6H3,(H,36,40)/t16-,17+,19?,22+,23-,24?,26+,31+/m0/s1. The predicted octanol–water partition coefficient (Wildman–Crippen LogP) is 4.88. The van der Waals surface area contributed by atoms with Gasteiger partial charge in [-0.25, -0.2) is 23.5 Å². The molecule has 12 heteroatoms. The summed E-state index contributed by atoms with van der Waals surface area (Å²) in [5, 5.41) is 2.74. The molecule has 0 radical (unpaired) electrons. The Kier molecular flexibility index (Phi) is 8.26. The summed E-state index contributed by atoms with van der Waals surface area (Å²) in [5.74, 6) is -0.714. The lowest BCUT2D eigenvalue weighted by Gasteiger charge is -2.35. The van der Waals surface area contributed by atoms with Crippen molar-refractivity contribution in [3.63, 3.8) is 0 Å². The molecule has 2 aromatic rings. The SMILES string of the molecule is COc1ccc2nc3c(nc2c1)O[C@H]1CN(C(=O)[C@H](C(C)(C)C)NC(=O)O[C@]2(C)C[C@H]2CCCC(F)C3F)[C@H](C=O)[C@@H]1C. The molecule has 1 saturated heterocycles. The topological polar surface area (TPSA) is 120 Å². The van der Waals surface area contributed by atoms with Crippen LogP contribution < -0.4 is 14.8 Å². The molecule has 43 heavy (non-hydrogen) atoms. The van der Waals surface area contributed by atoms with Gasteiger partial charge in [-0.15, -0.1) is 0 Å². The normalized spacial score (nSPS) is 33.7. The first kappa shape index (κ1) is 30.9. The number of amides is 2. The Morgan fingerprint density at radius 3 is 2.58 bits per heavy atom. The number of fused-ring (bicyclic) bond motifs is 5. The summed E-state index contributed by atoms with van der Waals surface area (Å²) >= 11 is 0. The highest BCUT2D eigenvalue weighted by Crippen LogP contribution is 2.50. The molecule has 234 valence electrons. The number of aromatic nitrogens is 2. The molecule has 2 bridgehead atoms. The minimum atomic E-state index is -2.12. The zero-order valence-corrected chi connectivity index (χ0v) is 25.4. The summed E-state index contributed by atoms with van der Waals surface area (Å²) in [6.45, 7) is 8.93. The molecule has 0 spiro atoms. The molecule has 1 N–H and O–H groups in total. The van der Waals surface area contributed by atoms with Gasteiger partial charge < -0.3 is 29.2 Å². The van der Waals surface area contributed by atoms with Crippen LogP contribution in [0.25, 0.3) is 11.0 Å². The molecule has 3 heterocycles. The Morgan fingerprint density at radius 2 is 1.91 bits per heavy atom. The number of benzene rings is 1. The van der Waals surface area contributed by atoms with E-state index in [4.69, 9.17) is 14.2 Å². The summed E-state index contributed by atoms with van der Waals surface area (Å²) < 4.78 is 48.5. The number of alkyl carbamates (subject to hydrolysis) is 1. The van der Waals surface area contributed by atoms with Crippen molar-refractivity contribution in [2.75, 3.05) is 13.7 Å². The minimum absolute atomic E-state index is 0.0137. The van der Waals surface area contributed by atoms with E-state index in [-0.39, 0.29) is 30.5 Å².